The fraction of sp³-hybridized carbons (Fsp3) is 0.214. The summed E-state index contributed by atoms with van der Waals surface area (Å²) in [5.74, 6) is 0. The molecule has 2 heterocycles. The zero-order valence-corrected chi connectivity index (χ0v) is 18.8. The van der Waals surface area contributed by atoms with Gasteiger partial charge in [0.05, 0.1) is 23.5 Å². The van der Waals surface area contributed by atoms with E-state index in [-0.39, 0.29) is 12.1 Å². The minimum Gasteiger partial charge on any atom is -0.292 e. The van der Waals surface area contributed by atoms with Crippen molar-refractivity contribution in [3.8, 4) is 0 Å². The molecule has 2 aromatic heterocycles. The highest BCUT2D eigenvalue weighted by atomic mass is 15.2. The van der Waals surface area contributed by atoms with Crippen LogP contribution in [0.25, 0.3) is 0 Å². The third-order valence-corrected chi connectivity index (χ3v) is 5.81. The molecule has 32 heavy (non-hydrogen) atoms. The lowest BCUT2D eigenvalue weighted by Crippen LogP contribution is -2.37. The lowest BCUT2D eigenvalue weighted by molar-refractivity contribution is 0.100. The first-order valence-electron chi connectivity index (χ1n) is 11.0. The molecule has 0 aliphatic carbocycles. The first-order chi connectivity index (χ1) is 15.7. The zero-order chi connectivity index (χ0) is 22.2. The Morgan fingerprint density at radius 3 is 1.25 bits per heavy atom. The molecule has 0 amide bonds. The quantitative estimate of drug-likeness (QED) is 0.355. The summed E-state index contributed by atoms with van der Waals surface area (Å²) in [5.41, 5.74) is 4.70. The van der Waals surface area contributed by atoms with Crippen LogP contribution in [-0.4, -0.2) is 33.9 Å². The Morgan fingerprint density at radius 2 is 0.906 bits per heavy atom. The molecule has 4 aromatic rings. The van der Waals surface area contributed by atoms with Crippen molar-refractivity contribution in [2.75, 3.05) is 14.1 Å². The van der Waals surface area contributed by atoms with Crippen molar-refractivity contribution >= 4 is 0 Å². The molecule has 2 unspecified atom stereocenters. The van der Waals surface area contributed by atoms with E-state index >= 15 is 0 Å². The average Bonchev–Trinajstić information content (AvgIpc) is 2.84. The van der Waals surface area contributed by atoms with Gasteiger partial charge in [-0.05, 0) is 49.5 Å². The fourth-order valence-electron chi connectivity index (χ4n) is 4.35. The molecule has 0 spiro atoms. The van der Waals surface area contributed by atoms with E-state index in [1.807, 2.05) is 24.5 Å². The van der Waals surface area contributed by atoms with Gasteiger partial charge in [0.25, 0.3) is 0 Å². The van der Waals surface area contributed by atoms with Crippen molar-refractivity contribution in [3.63, 3.8) is 0 Å². The second-order valence-corrected chi connectivity index (χ2v) is 8.18. The number of likely N-dealkylation sites (N-methyl/N-ethyl adjacent to an activating group) is 2. The highest BCUT2D eigenvalue weighted by Gasteiger charge is 2.32. The van der Waals surface area contributed by atoms with Gasteiger partial charge in [-0.3, -0.25) is 19.8 Å². The maximum Gasteiger partial charge on any atom is 0.0546 e. The first-order valence-corrected chi connectivity index (χ1v) is 11.0. The molecule has 0 bridgehead atoms. The maximum absolute atomic E-state index is 4.57. The van der Waals surface area contributed by atoms with Crippen molar-refractivity contribution in [2.45, 2.75) is 25.2 Å². The van der Waals surface area contributed by atoms with Gasteiger partial charge >= 0.3 is 0 Å². The standard InChI is InChI=1S/C28H30N4/c1-31(21-25-17-9-11-19-29-25)27(23-13-5-3-6-14-23)28(24-15-7-4-8-16-24)32(2)22-26-18-10-12-20-30-26/h3-20,27-28H,21-22H2,1-2H3. The average molecular weight is 423 g/mol. The molecule has 0 fully saturated rings. The van der Waals surface area contributed by atoms with Crippen LogP contribution in [0.2, 0.25) is 0 Å². The third kappa shape index (κ3) is 5.47. The Kier molecular flexibility index (Phi) is 7.38. The number of rotatable bonds is 9. The number of hydrogen-bond donors (Lipinski definition) is 0. The predicted molar refractivity (Wildman–Crippen MR) is 130 cm³/mol. The van der Waals surface area contributed by atoms with Crippen LogP contribution >= 0.6 is 0 Å². The fourth-order valence-corrected chi connectivity index (χ4v) is 4.35. The van der Waals surface area contributed by atoms with Crippen LogP contribution in [-0.2, 0) is 13.1 Å². The van der Waals surface area contributed by atoms with Gasteiger partial charge in [-0.15, -0.1) is 0 Å². The maximum atomic E-state index is 4.57. The topological polar surface area (TPSA) is 32.3 Å². The van der Waals surface area contributed by atoms with Gasteiger partial charge in [0.15, 0.2) is 0 Å². The lowest BCUT2D eigenvalue weighted by atomic mass is 9.90. The lowest BCUT2D eigenvalue weighted by Gasteiger charge is -2.40. The van der Waals surface area contributed by atoms with E-state index in [9.17, 15) is 0 Å². The Balaban J connectivity index is 1.73. The number of pyridine rings is 2. The van der Waals surface area contributed by atoms with Gasteiger partial charge in [-0.25, -0.2) is 0 Å². The Labute approximate surface area is 191 Å². The van der Waals surface area contributed by atoms with Gasteiger partial charge in [0.1, 0.15) is 0 Å². The normalized spacial score (nSPS) is 13.2. The smallest absolute Gasteiger partial charge is 0.0546 e. The summed E-state index contributed by atoms with van der Waals surface area (Å²) < 4.78 is 0. The van der Waals surface area contributed by atoms with Crippen LogP contribution in [0.15, 0.2) is 109 Å². The Bertz CT molecular complexity index is 967. The molecule has 4 nitrogen and oxygen atoms in total. The molecule has 2 atom stereocenters. The van der Waals surface area contributed by atoms with Crippen LogP contribution in [0, 0.1) is 0 Å². The monoisotopic (exact) mass is 422 g/mol. The third-order valence-electron chi connectivity index (χ3n) is 5.81. The van der Waals surface area contributed by atoms with E-state index in [1.54, 1.807) is 0 Å². The summed E-state index contributed by atoms with van der Waals surface area (Å²) in [4.78, 5) is 14.0. The van der Waals surface area contributed by atoms with E-state index < -0.39 is 0 Å². The SMILES string of the molecule is CN(Cc1ccccn1)C(c1ccccc1)C(c1ccccc1)N(C)Cc1ccccn1. The molecular weight excluding hydrogens is 392 g/mol. The minimum absolute atomic E-state index is 0.134. The van der Waals surface area contributed by atoms with E-state index in [4.69, 9.17) is 0 Å². The zero-order valence-electron chi connectivity index (χ0n) is 18.8. The van der Waals surface area contributed by atoms with Crippen molar-refractivity contribution in [2.24, 2.45) is 0 Å². The van der Waals surface area contributed by atoms with E-state index in [2.05, 4.69) is 119 Å². The molecule has 0 N–H and O–H groups in total. The highest BCUT2D eigenvalue weighted by molar-refractivity contribution is 5.28. The van der Waals surface area contributed by atoms with E-state index in [1.165, 1.54) is 11.1 Å². The van der Waals surface area contributed by atoms with E-state index in [0.717, 1.165) is 24.5 Å². The van der Waals surface area contributed by atoms with Gasteiger partial charge in [0.2, 0.25) is 0 Å². The van der Waals surface area contributed by atoms with Crippen LogP contribution < -0.4 is 0 Å². The Morgan fingerprint density at radius 1 is 0.531 bits per heavy atom. The van der Waals surface area contributed by atoms with E-state index in [0.29, 0.717) is 0 Å². The molecule has 0 aliphatic heterocycles. The van der Waals surface area contributed by atoms with Gasteiger partial charge < -0.3 is 0 Å². The van der Waals surface area contributed by atoms with Crippen molar-refractivity contribution in [1.82, 2.24) is 19.8 Å². The Hall–Kier alpha value is -3.34. The summed E-state index contributed by atoms with van der Waals surface area (Å²) in [6.45, 7) is 1.53. The molecule has 0 aliphatic rings. The number of hydrogen-bond acceptors (Lipinski definition) is 4. The van der Waals surface area contributed by atoms with Gasteiger partial charge in [0, 0.05) is 25.5 Å². The molecule has 0 saturated heterocycles. The molecule has 4 rings (SSSR count). The molecule has 0 radical (unpaired) electrons. The molecular formula is C28H30N4. The number of nitrogens with zero attached hydrogens (tertiary/aromatic N) is 4. The summed E-state index contributed by atoms with van der Waals surface area (Å²) >= 11 is 0. The van der Waals surface area contributed by atoms with Gasteiger partial charge in [-0.1, -0.05) is 72.8 Å². The number of aromatic nitrogens is 2. The summed E-state index contributed by atoms with van der Waals surface area (Å²) in [6.07, 6.45) is 3.73. The molecule has 2 aromatic carbocycles. The number of benzene rings is 2. The van der Waals surface area contributed by atoms with Crippen molar-refractivity contribution in [3.05, 3.63) is 132 Å². The molecule has 162 valence electrons. The summed E-state index contributed by atoms with van der Waals surface area (Å²) in [7, 11) is 4.38. The first kappa shape index (κ1) is 21.9. The van der Waals surface area contributed by atoms with Crippen molar-refractivity contribution in [1.29, 1.82) is 0 Å². The molecule has 0 saturated carbocycles. The van der Waals surface area contributed by atoms with Crippen LogP contribution in [0.3, 0.4) is 0 Å². The second kappa shape index (κ2) is 10.8. The van der Waals surface area contributed by atoms with Crippen molar-refractivity contribution < 1.29 is 0 Å². The summed E-state index contributed by atoms with van der Waals surface area (Å²) in [6, 6.07) is 34.0. The largest absolute Gasteiger partial charge is 0.292 e. The minimum atomic E-state index is 0.134. The van der Waals surface area contributed by atoms with Crippen LogP contribution in [0.1, 0.15) is 34.6 Å². The second-order valence-electron chi connectivity index (χ2n) is 8.18. The molecule has 4 heteroatoms. The van der Waals surface area contributed by atoms with Crippen LogP contribution in [0.4, 0.5) is 0 Å². The van der Waals surface area contributed by atoms with Crippen LogP contribution in [0.5, 0.6) is 0 Å². The highest BCUT2D eigenvalue weighted by Crippen LogP contribution is 2.38. The predicted octanol–water partition coefficient (Wildman–Crippen LogP) is 5.52. The summed E-state index contributed by atoms with van der Waals surface area (Å²) in [5, 5.41) is 0. The van der Waals surface area contributed by atoms with Gasteiger partial charge in [-0.2, -0.15) is 0 Å².